The van der Waals surface area contributed by atoms with Crippen molar-refractivity contribution in [1.29, 1.82) is 5.26 Å². The van der Waals surface area contributed by atoms with Crippen LogP contribution in [0.2, 0.25) is 10.0 Å². The van der Waals surface area contributed by atoms with Crippen molar-refractivity contribution < 1.29 is 0 Å². The molecule has 1 N–H and O–H groups in total. The number of nitriles is 1. The summed E-state index contributed by atoms with van der Waals surface area (Å²) >= 11 is 12.1. The van der Waals surface area contributed by atoms with E-state index in [1.807, 2.05) is 31.2 Å². The third-order valence-corrected chi connectivity index (χ3v) is 3.38. The Bertz CT molecular complexity index is 632. The number of hydrogen-bond donors (Lipinski definition) is 1. The van der Waals surface area contributed by atoms with Gasteiger partial charge in [-0.25, -0.2) is 0 Å². The van der Waals surface area contributed by atoms with Crippen LogP contribution in [0.3, 0.4) is 0 Å². The Kier molecular flexibility index (Phi) is 4.31. The zero-order valence-corrected chi connectivity index (χ0v) is 11.8. The smallest absolute Gasteiger partial charge is 0.0992 e. The summed E-state index contributed by atoms with van der Waals surface area (Å²) in [6.45, 7) is 2.01. The Balaban J connectivity index is 2.24. The van der Waals surface area contributed by atoms with Crippen molar-refractivity contribution in [2.24, 2.45) is 0 Å². The van der Waals surface area contributed by atoms with E-state index < -0.39 is 0 Å². The Morgan fingerprint density at radius 3 is 2.63 bits per heavy atom. The molecule has 0 heterocycles. The van der Waals surface area contributed by atoms with Gasteiger partial charge in [-0.05, 0) is 42.8 Å². The first kappa shape index (κ1) is 13.7. The standard InChI is InChI=1S/C15H12Cl2N2/c1-10(12-3-2-4-13(16)8-12)19-15-7-11(9-18)5-6-14(15)17/h2-8,10,19H,1H3. The second-order valence-corrected chi connectivity index (χ2v) is 5.07. The number of halogens is 2. The van der Waals surface area contributed by atoms with E-state index in [0.717, 1.165) is 11.3 Å². The summed E-state index contributed by atoms with van der Waals surface area (Å²) in [4.78, 5) is 0. The maximum Gasteiger partial charge on any atom is 0.0992 e. The fourth-order valence-electron chi connectivity index (χ4n) is 1.80. The molecule has 0 amide bonds. The van der Waals surface area contributed by atoms with Crippen LogP contribution < -0.4 is 5.32 Å². The van der Waals surface area contributed by atoms with Crippen molar-refractivity contribution in [2.45, 2.75) is 13.0 Å². The van der Waals surface area contributed by atoms with E-state index >= 15 is 0 Å². The molecule has 0 aliphatic heterocycles. The van der Waals surface area contributed by atoms with E-state index in [0.29, 0.717) is 15.6 Å². The highest BCUT2D eigenvalue weighted by molar-refractivity contribution is 6.33. The van der Waals surface area contributed by atoms with Crippen LogP contribution in [-0.2, 0) is 0 Å². The van der Waals surface area contributed by atoms with Crippen molar-refractivity contribution in [3.05, 3.63) is 63.6 Å². The first-order chi connectivity index (χ1) is 9.10. The number of anilines is 1. The molecule has 2 nitrogen and oxygen atoms in total. The van der Waals surface area contributed by atoms with Crippen molar-refractivity contribution in [3.8, 4) is 6.07 Å². The van der Waals surface area contributed by atoms with E-state index in [1.165, 1.54) is 0 Å². The third kappa shape index (κ3) is 3.41. The molecular weight excluding hydrogens is 279 g/mol. The molecule has 1 unspecified atom stereocenters. The molecule has 0 saturated carbocycles. The maximum absolute atomic E-state index is 8.90. The average molecular weight is 291 g/mol. The van der Waals surface area contributed by atoms with E-state index in [2.05, 4.69) is 11.4 Å². The molecule has 0 saturated heterocycles. The summed E-state index contributed by atoms with van der Waals surface area (Å²) in [6, 6.07) is 14.9. The second kappa shape index (κ2) is 5.97. The van der Waals surface area contributed by atoms with Gasteiger partial charge in [-0.3, -0.25) is 0 Å². The SMILES string of the molecule is CC(Nc1cc(C#N)ccc1Cl)c1cccc(Cl)c1. The van der Waals surface area contributed by atoms with E-state index in [1.54, 1.807) is 18.2 Å². The van der Waals surface area contributed by atoms with Crippen LogP contribution in [0.1, 0.15) is 24.1 Å². The Hall–Kier alpha value is -1.69. The molecule has 2 rings (SSSR count). The zero-order chi connectivity index (χ0) is 13.8. The number of benzene rings is 2. The van der Waals surface area contributed by atoms with Crippen molar-refractivity contribution in [3.63, 3.8) is 0 Å². The van der Waals surface area contributed by atoms with Crippen LogP contribution in [0.25, 0.3) is 0 Å². The Morgan fingerprint density at radius 1 is 1.16 bits per heavy atom. The van der Waals surface area contributed by atoms with Gasteiger partial charge in [0.15, 0.2) is 0 Å². The molecule has 2 aromatic rings. The molecule has 0 aromatic heterocycles. The lowest BCUT2D eigenvalue weighted by molar-refractivity contribution is 0.885. The maximum atomic E-state index is 8.90. The molecule has 2 aromatic carbocycles. The first-order valence-corrected chi connectivity index (χ1v) is 6.57. The van der Waals surface area contributed by atoms with Gasteiger partial charge in [0.05, 0.1) is 22.3 Å². The molecule has 0 bridgehead atoms. The fourth-order valence-corrected chi connectivity index (χ4v) is 2.17. The van der Waals surface area contributed by atoms with Crippen LogP contribution in [0.15, 0.2) is 42.5 Å². The van der Waals surface area contributed by atoms with Crippen molar-refractivity contribution >= 4 is 28.9 Å². The molecule has 0 fully saturated rings. The average Bonchev–Trinajstić information content (AvgIpc) is 2.41. The molecule has 96 valence electrons. The number of nitrogens with one attached hydrogen (secondary N) is 1. The highest BCUT2D eigenvalue weighted by Crippen LogP contribution is 2.28. The number of hydrogen-bond acceptors (Lipinski definition) is 2. The van der Waals surface area contributed by atoms with Gasteiger partial charge in [0.1, 0.15) is 0 Å². The highest BCUT2D eigenvalue weighted by atomic mass is 35.5. The second-order valence-electron chi connectivity index (χ2n) is 4.23. The van der Waals surface area contributed by atoms with Crippen LogP contribution in [0, 0.1) is 11.3 Å². The van der Waals surface area contributed by atoms with Crippen molar-refractivity contribution in [2.75, 3.05) is 5.32 Å². The molecular formula is C15H12Cl2N2. The summed E-state index contributed by atoms with van der Waals surface area (Å²) < 4.78 is 0. The molecule has 0 spiro atoms. The predicted octanol–water partition coefficient (Wildman–Crippen LogP) is 5.04. The molecule has 4 heteroatoms. The molecule has 0 aliphatic carbocycles. The highest BCUT2D eigenvalue weighted by Gasteiger charge is 2.08. The largest absolute Gasteiger partial charge is 0.377 e. The zero-order valence-electron chi connectivity index (χ0n) is 10.3. The summed E-state index contributed by atoms with van der Waals surface area (Å²) in [5.41, 5.74) is 2.38. The van der Waals surface area contributed by atoms with Gasteiger partial charge in [0.25, 0.3) is 0 Å². The lowest BCUT2D eigenvalue weighted by Gasteiger charge is -2.17. The van der Waals surface area contributed by atoms with E-state index in [4.69, 9.17) is 28.5 Å². The van der Waals surface area contributed by atoms with E-state index in [-0.39, 0.29) is 6.04 Å². The summed E-state index contributed by atoms with van der Waals surface area (Å²) in [6.07, 6.45) is 0. The van der Waals surface area contributed by atoms with Crippen LogP contribution >= 0.6 is 23.2 Å². The third-order valence-electron chi connectivity index (χ3n) is 2.82. The van der Waals surface area contributed by atoms with Crippen LogP contribution in [0.5, 0.6) is 0 Å². The summed E-state index contributed by atoms with van der Waals surface area (Å²) in [5, 5.41) is 13.5. The minimum absolute atomic E-state index is 0.0464. The summed E-state index contributed by atoms with van der Waals surface area (Å²) in [5.74, 6) is 0. The normalized spacial score (nSPS) is 11.7. The molecule has 19 heavy (non-hydrogen) atoms. The quantitative estimate of drug-likeness (QED) is 0.860. The van der Waals surface area contributed by atoms with Gasteiger partial charge in [-0.1, -0.05) is 35.3 Å². The van der Waals surface area contributed by atoms with Gasteiger partial charge in [0.2, 0.25) is 0 Å². The monoisotopic (exact) mass is 290 g/mol. The van der Waals surface area contributed by atoms with Gasteiger partial charge in [-0.2, -0.15) is 5.26 Å². The topological polar surface area (TPSA) is 35.8 Å². The van der Waals surface area contributed by atoms with Gasteiger partial charge in [-0.15, -0.1) is 0 Å². The minimum atomic E-state index is 0.0464. The minimum Gasteiger partial charge on any atom is -0.377 e. The predicted molar refractivity (Wildman–Crippen MR) is 79.7 cm³/mol. The molecule has 0 radical (unpaired) electrons. The lowest BCUT2D eigenvalue weighted by atomic mass is 10.1. The van der Waals surface area contributed by atoms with Gasteiger partial charge in [0, 0.05) is 11.1 Å². The van der Waals surface area contributed by atoms with Gasteiger partial charge < -0.3 is 5.32 Å². The molecule has 0 aliphatic rings. The molecule has 1 atom stereocenters. The number of rotatable bonds is 3. The summed E-state index contributed by atoms with van der Waals surface area (Å²) in [7, 11) is 0. The fraction of sp³-hybridized carbons (Fsp3) is 0.133. The van der Waals surface area contributed by atoms with Crippen LogP contribution in [0.4, 0.5) is 5.69 Å². The van der Waals surface area contributed by atoms with Gasteiger partial charge >= 0.3 is 0 Å². The lowest BCUT2D eigenvalue weighted by Crippen LogP contribution is -2.07. The van der Waals surface area contributed by atoms with E-state index in [9.17, 15) is 0 Å². The van der Waals surface area contributed by atoms with Crippen LogP contribution in [-0.4, -0.2) is 0 Å². The van der Waals surface area contributed by atoms with Crippen molar-refractivity contribution in [1.82, 2.24) is 0 Å². The Labute approximate surface area is 122 Å². The Morgan fingerprint density at radius 2 is 1.95 bits per heavy atom. The first-order valence-electron chi connectivity index (χ1n) is 5.82. The number of nitrogens with zero attached hydrogens (tertiary/aromatic N) is 1.